The fourth-order valence-electron chi connectivity index (χ4n) is 1.21. The van der Waals surface area contributed by atoms with Gasteiger partial charge in [-0.05, 0) is 5.56 Å². The highest BCUT2D eigenvalue weighted by molar-refractivity contribution is 5.77. The summed E-state index contributed by atoms with van der Waals surface area (Å²) >= 11 is 0. The smallest absolute Gasteiger partial charge is 0.223 e. The van der Waals surface area contributed by atoms with Gasteiger partial charge in [0.1, 0.15) is 0 Å². The molecule has 1 atom stereocenters. The molecule has 1 aromatic rings. The topological polar surface area (TPSA) is 49.3 Å². The van der Waals surface area contributed by atoms with Gasteiger partial charge in [-0.3, -0.25) is 4.79 Å². The average Bonchev–Trinajstić information content (AvgIpc) is 2.27. The summed E-state index contributed by atoms with van der Waals surface area (Å²) in [5, 5.41) is 12.3. The van der Waals surface area contributed by atoms with Crippen molar-refractivity contribution >= 4 is 5.91 Å². The minimum atomic E-state index is -0.653. The summed E-state index contributed by atoms with van der Waals surface area (Å²) in [6.45, 7) is 3.70. The summed E-state index contributed by atoms with van der Waals surface area (Å²) in [5.41, 5.74) is 0.802. The molecule has 0 spiro atoms. The molecule has 15 heavy (non-hydrogen) atoms. The molecule has 1 rings (SSSR count). The van der Waals surface area contributed by atoms with Crippen LogP contribution in [0.1, 0.15) is 18.1 Å². The second-order valence-corrected chi connectivity index (χ2v) is 3.22. The fraction of sp³-hybridized carbons (Fsp3) is 0.250. The first-order valence-corrected chi connectivity index (χ1v) is 4.84. The van der Waals surface area contributed by atoms with E-state index < -0.39 is 6.10 Å². The molecule has 0 fully saturated rings. The summed E-state index contributed by atoms with van der Waals surface area (Å²) in [6.07, 6.45) is 1.16. The Morgan fingerprint density at radius 3 is 2.73 bits per heavy atom. The molecule has 0 aliphatic carbocycles. The van der Waals surface area contributed by atoms with E-state index >= 15 is 0 Å². The number of hydrogen-bond acceptors (Lipinski definition) is 2. The van der Waals surface area contributed by atoms with Gasteiger partial charge in [0.2, 0.25) is 5.91 Å². The van der Waals surface area contributed by atoms with Crippen molar-refractivity contribution in [2.45, 2.75) is 12.5 Å². The van der Waals surface area contributed by atoms with E-state index in [1.807, 2.05) is 30.3 Å². The lowest BCUT2D eigenvalue weighted by Crippen LogP contribution is -2.27. The molecule has 3 nitrogen and oxygen atoms in total. The minimum absolute atomic E-state index is 0.125. The van der Waals surface area contributed by atoms with Gasteiger partial charge < -0.3 is 10.4 Å². The molecule has 0 unspecified atom stereocenters. The summed E-state index contributed by atoms with van der Waals surface area (Å²) in [7, 11) is 0. The molecule has 0 heterocycles. The zero-order chi connectivity index (χ0) is 11.1. The van der Waals surface area contributed by atoms with Gasteiger partial charge in [-0.25, -0.2) is 0 Å². The molecule has 2 N–H and O–H groups in total. The van der Waals surface area contributed by atoms with Crippen LogP contribution in [0, 0.1) is 0 Å². The van der Waals surface area contributed by atoms with Gasteiger partial charge in [0, 0.05) is 13.0 Å². The lowest BCUT2D eigenvalue weighted by Gasteiger charge is -2.11. The molecule has 0 aliphatic rings. The van der Waals surface area contributed by atoms with Crippen LogP contribution in [0.15, 0.2) is 43.0 Å². The maximum atomic E-state index is 11.1. The van der Waals surface area contributed by atoms with E-state index in [1.165, 1.54) is 6.08 Å². The lowest BCUT2D eigenvalue weighted by molar-refractivity contribution is -0.120. The number of rotatable bonds is 5. The van der Waals surface area contributed by atoms with Crippen molar-refractivity contribution in [3.8, 4) is 0 Å². The van der Waals surface area contributed by atoms with Crippen LogP contribution < -0.4 is 5.32 Å². The number of hydrogen-bond donors (Lipinski definition) is 2. The number of carbonyl (C=O) groups excluding carboxylic acids is 1. The van der Waals surface area contributed by atoms with E-state index in [-0.39, 0.29) is 18.9 Å². The van der Waals surface area contributed by atoms with Gasteiger partial charge in [0.25, 0.3) is 0 Å². The van der Waals surface area contributed by atoms with Crippen molar-refractivity contribution in [1.82, 2.24) is 5.32 Å². The van der Waals surface area contributed by atoms with Gasteiger partial charge in [-0.15, -0.1) is 6.58 Å². The van der Waals surface area contributed by atoms with Crippen LogP contribution in [-0.4, -0.2) is 17.6 Å². The highest BCUT2D eigenvalue weighted by Gasteiger charge is 2.07. The number of nitrogens with one attached hydrogen (secondary N) is 1. The van der Waals surface area contributed by atoms with Crippen LogP contribution in [0.5, 0.6) is 0 Å². The zero-order valence-electron chi connectivity index (χ0n) is 8.52. The highest BCUT2D eigenvalue weighted by atomic mass is 16.3. The maximum absolute atomic E-state index is 11.1. The quantitative estimate of drug-likeness (QED) is 0.714. The monoisotopic (exact) mass is 205 g/mol. The second-order valence-electron chi connectivity index (χ2n) is 3.22. The SMILES string of the molecule is C=CCC(=O)NC[C@H](O)c1ccccc1. The molecule has 1 amide bonds. The Morgan fingerprint density at radius 1 is 1.47 bits per heavy atom. The molecule has 0 radical (unpaired) electrons. The summed E-state index contributed by atoms with van der Waals surface area (Å²) < 4.78 is 0. The molecule has 0 saturated heterocycles. The van der Waals surface area contributed by atoms with Gasteiger partial charge in [0.15, 0.2) is 0 Å². The standard InChI is InChI=1S/C12H15NO2/c1-2-6-12(15)13-9-11(14)10-7-4-3-5-8-10/h2-5,7-8,11,14H,1,6,9H2,(H,13,15)/t11-/m0/s1. The van der Waals surface area contributed by atoms with Crippen LogP contribution in [0.3, 0.4) is 0 Å². The van der Waals surface area contributed by atoms with E-state index in [0.717, 1.165) is 5.56 Å². The van der Waals surface area contributed by atoms with E-state index in [1.54, 1.807) is 0 Å². The molecule has 80 valence electrons. The maximum Gasteiger partial charge on any atom is 0.223 e. The first-order chi connectivity index (χ1) is 7.24. The predicted molar refractivity (Wildman–Crippen MR) is 59.2 cm³/mol. The van der Waals surface area contributed by atoms with Crippen molar-refractivity contribution in [3.63, 3.8) is 0 Å². The molecule has 3 heteroatoms. The third-order valence-corrected chi connectivity index (χ3v) is 2.01. The Labute approximate surface area is 89.4 Å². The Bertz CT molecular complexity index is 322. The van der Waals surface area contributed by atoms with Crippen LogP contribution in [0.2, 0.25) is 0 Å². The predicted octanol–water partition coefficient (Wildman–Crippen LogP) is 1.41. The molecule has 0 bridgehead atoms. The number of carbonyl (C=O) groups is 1. The molecule has 1 aromatic carbocycles. The van der Waals surface area contributed by atoms with E-state index in [2.05, 4.69) is 11.9 Å². The average molecular weight is 205 g/mol. The first-order valence-electron chi connectivity index (χ1n) is 4.84. The largest absolute Gasteiger partial charge is 0.387 e. The molecular formula is C12H15NO2. The van der Waals surface area contributed by atoms with Crippen LogP contribution in [0.4, 0.5) is 0 Å². The van der Waals surface area contributed by atoms with Crippen LogP contribution in [-0.2, 0) is 4.79 Å². The highest BCUT2D eigenvalue weighted by Crippen LogP contribution is 2.10. The Morgan fingerprint density at radius 2 is 2.13 bits per heavy atom. The molecule has 0 saturated carbocycles. The molecular weight excluding hydrogens is 190 g/mol. The number of aliphatic hydroxyl groups is 1. The summed E-state index contributed by atoms with van der Waals surface area (Å²) in [5.74, 6) is -0.125. The lowest BCUT2D eigenvalue weighted by atomic mass is 10.1. The van der Waals surface area contributed by atoms with Crippen molar-refractivity contribution < 1.29 is 9.90 Å². The number of benzene rings is 1. The van der Waals surface area contributed by atoms with E-state index in [4.69, 9.17) is 0 Å². The van der Waals surface area contributed by atoms with E-state index in [9.17, 15) is 9.90 Å². The second kappa shape index (κ2) is 5.98. The van der Waals surface area contributed by atoms with Gasteiger partial charge in [-0.2, -0.15) is 0 Å². The third-order valence-electron chi connectivity index (χ3n) is 2.01. The molecule has 0 aromatic heterocycles. The van der Waals surface area contributed by atoms with E-state index in [0.29, 0.717) is 0 Å². The Kier molecular flexibility index (Phi) is 4.57. The summed E-state index contributed by atoms with van der Waals surface area (Å²) in [6, 6.07) is 9.23. The Hall–Kier alpha value is -1.61. The zero-order valence-corrected chi connectivity index (χ0v) is 8.52. The van der Waals surface area contributed by atoms with Crippen molar-refractivity contribution in [3.05, 3.63) is 48.6 Å². The number of amides is 1. The first kappa shape index (κ1) is 11.5. The van der Waals surface area contributed by atoms with Gasteiger partial charge in [0.05, 0.1) is 6.10 Å². The van der Waals surface area contributed by atoms with Gasteiger partial charge >= 0.3 is 0 Å². The van der Waals surface area contributed by atoms with Crippen molar-refractivity contribution in [2.24, 2.45) is 0 Å². The Balaban J connectivity index is 2.40. The fourth-order valence-corrected chi connectivity index (χ4v) is 1.21. The third kappa shape index (κ3) is 3.95. The minimum Gasteiger partial charge on any atom is -0.387 e. The van der Waals surface area contributed by atoms with Crippen LogP contribution in [0.25, 0.3) is 0 Å². The number of aliphatic hydroxyl groups excluding tert-OH is 1. The van der Waals surface area contributed by atoms with Crippen molar-refractivity contribution in [2.75, 3.05) is 6.54 Å². The van der Waals surface area contributed by atoms with Crippen LogP contribution >= 0.6 is 0 Å². The van der Waals surface area contributed by atoms with Crippen molar-refractivity contribution in [1.29, 1.82) is 0 Å². The normalized spacial score (nSPS) is 11.8. The molecule has 0 aliphatic heterocycles. The van der Waals surface area contributed by atoms with Gasteiger partial charge in [-0.1, -0.05) is 36.4 Å². The summed E-state index contributed by atoms with van der Waals surface area (Å²) in [4.78, 5) is 11.1.